The molecule has 0 saturated heterocycles. The summed E-state index contributed by atoms with van der Waals surface area (Å²) < 4.78 is 0. The Kier molecular flexibility index (Phi) is 7.43. The average molecular weight is 214 g/mol. The van der Waals surface area contributed by atoms with Gasteiger partial charge >= 0.3 is 0 Å². The SMILES string of the molecule is C=C/C=C(\C=C)C(=O)C(/C=C\C)=C/C=C\C. The lowest BCUT2D eigenvalue weighted by Gasteiger charge is -2.01. The van der Waals surface area contributed by atoms with E-state index in [0.29, 0.717) is 11.1 Å². The minimum Gasteiger partial charge on any atom is -0.289 e. The lowest BCUT2D eigenvalue weighted by molar-refractivity contribution is -0.111. The fraction of sp³-hybridized carbons (Fsp3) is 0.133. The highest BCUT2D eigenvalue weighted by atomic mass is 16.1. The number of hydrogen-bond donors (Lipinski definition) is 0. The maximum absolute atomic E-state index is 12.0. The molecule has 16 heavy (non-hydrogen) atoms. The Labute approximate surface area is 97.9 Å². The molecule has 0 aromatic heterocycles. The molecule has 0 amide bonds. The first-order valence-corrected chi connectivity index (χ1v) is 5.16. The molecule has 1 nitrogen and oxygen atoms in total. The van der Waals surface area contributed by atoms with Crippen LogP contribution < -0.4 is 0 Å². The molecule has 0 N–H and O–H groups in total. The molecule has 0 atom stereocenters. The van der Waals surface area contributed by atoms with E-state index < -0.39 is 0 Å². The van der Waals surface area contributed by atoms with E-state index in [0.717, 1.165) is 0 Å². The minimum absolute atomic E-state index is 0.0499. The van der Waals surface area contributed by atoms with E-state index in [1.165, 1.54) is 6.08 Å². The first-order valence-electron chi connectivity index (χ1n) is 5.16. The van der Waals surface area contributed by atoms with Crippen molar-refractivity contribution in [1.29, 1.82) is 0 Å². The molecule has 0 radical (unpaired) electrons. The number of Topliss-reactive ketones (excluding diaryl/α,β-unsaturated/α-hetero) is 1. The first-order chi connectivity index (χ1) is 7.71. The highest BCUT2D eigenvalue weighted by Gasteiger charge is 2.08. The van der Waals surface area contributed by atoms with Crippen LogP contribution in [0.4, 0.5) is 0 Å². The topological polar surface area (TPSA) is 17.1 Å². The molecule has 0 saturated carbocycles. The zero-order chi connectivity index (χ0) is 12.4. The van der Waals surface area contributed by atoms with Gasteiger partial charge in [0.05, 0.1) is 0 Å². The molecule has 0 aliphatic rings. The Morgan fingerprint density at radius 3 is 2.12 bits per heavy atom. The van der Waals surface area contributed by atoms with E-state index in [-0.39, 0.29) is 5.78 Å². The van der Waals surface area contributed by atoms with Crippen molar-refractivity contribution >= 4 is 5.78 Å². The van der Waals surface area contributed by atoms with Gasteiger partial charge in [-0.1, -0.05) is 61.8 Å². The second-order valence-corrected chi connectivity index (χ2v) is 3.04. The van der Waals surface area contributed by atoms with E-state index in [1.54, 1.807) is 24.3 Å². The normalized spacial score (nSPS) is 13.4. The van der Waals surface area contributed by atoms with Crippen LogP contribution in [0.15, 0.2) is 72.9 Å². The summed E-state index contributed by atoms with van der Waals surface area (Å²) in [6, 6.07) is 0. The fourth-order valence-corrected chi connectivity index (χ4v) is 1.12. The largest absolute Gasteiger partial charge is 0.289 e. The third-order valence-electron chi connectivity index (χ3n) is 1.86. The van der Waals surface area contributed by atoms with E-state index >= 15 is 0 Å². The summed E-state index contributed by atoms with van der Waals surface area (Å²) in [5.41, 5.74) is 1.18. The van der Waals surface area contributed by atoms with Crippen LogP contribution in [0.2, 0.25) is 0 Å². The third-order valence-corrected chi connectivity index (χ3v) is 1.86. The highest BCUT2D eigenvalue weighted by Crippen LogP contribution is 2.09. The average Bonchev–Trinajstić information content (AvgIpc) is 2.30. The summed E-state index contributed by atoms with van der Waals surface area (Å²) in [4.78, 5) is 12.0. The summed E-state index contributed by atoms with van der Waals surface area (Å²) >= 11 is 0. The lowest BCUT2D eigenvalue weighted by Crippen LogP contribution is -2.02. The molecular weight excluding hydrogens is 196 g/mol. The van der Waals surface area contributed by atoms with E-state index in [1.807, 2.05) is 32.1 Å². The van der Waals surface area contributed by atoms with Gasteiger partial charge in [-0.2, -0.15) is 0 Å². The second kappa shape index (κ2) is 8.42. The number of rotatable bonds is 6. The number of hydrogen-bond acceptors (Lipinski definition) is 1. The Morgan fingerprint density at radius 2 is 1.69 bits per heavy atom. The van der Waals surface area contributed by atoms with E-state index in [2.05, 4.69) is 13.2 Å². The van der Waals surface area contributed by atoms with Crippen molar-refractivity contribution in [2.75, 3.05) is 0 Å². The van der Waals surface area contributed by atoms with Crippen LogP contribution in [0, 0.1) is 0 Å². The standard InChI is InChI=1S/C15H18O/c1-5-9-12-14(11-7-3)15(16)13(8-4)10-6-2/h5-12H,2,4H2,1,3H3/b9-5-,11-7-,13-10+,14-12+. The predicted octanol–water partition coefficient (Wildman–Crippen LogP) is 3.93. The molecule has 0 aromatic carbocycles. The van der Waals surface area contributed by atoms with Gasteiger partial charge in [-0.15, -0.1) is 0 Å². The van der Waals surface area contributed by atoms with Crippen LogP contribution in [0.25, 0.3) is 0 Å². The molecule has 0 heterocycles. The molecule has 0 bridgehead atoms. The molecule has 84 valence electrons. The first kappa shape index (κ1) is 14.1. The van der Waals surface area contributed by atoms with Crippen molar-refractivity contribution in [2.24, 2.45) is 0 Å². The minimum atomic E-state index is -0.0499. The van der Waals surface area contributed by atoms with Crippen LogP contribution in [0.5, 0.6) is 0 Å². The molecule has 0 aliphatic carbocycles. The van der Waals surface area contributed by atoms with Crippen LogP contribution in [0.3, 0.4) is 0 Å². The molecule has 0 unspecified atom stereocenters. The van der Waals surface area contributed by atoms with Gasteiger partial charge in [-0.05, 0) is 13.8 Å². The van der Waals surface area contributed by atoms with Gasteiger partial charge in [0.15, 0.2) is 5.78 Å². The van der Waals surface area contributed by atoms with Crippen LogP contribution >= 0.6 is 0 Å². The maximum Gasteiger partial charge on any atom is 0.192 e. The molecule has 0 fully saturated rings. The van der Waals surface area contributed by atoms with Gasteiger partial charge in [-0.3, -0.25) is 4.79 Å². The summed E-state index contributed by atoms with van der Waals surface area (Å²) in [6.45, 7) is 11.0. The molecule has 0 aromatic rings. The van der Waals surface area contributed by atoms with Gasteiger partial charge < -0.3 is 0 Å². The third kappa shape index (κ3) is 4.56. The lowest BCUT2D eigenvalue weighted by atomic mass is 10.0. The predicted molar refractivity (Wildman–Crippen MR) is 71.2 cm³/mol. The Balaban J connectivity index is 5.23. The molecule has 0 spiro atoms. The Hall–Kier alpha value is -1.89. The van der Waals surface area contributed by atoms with Crippen molar-refractivity contribution in [3.63, 3.8) is 0 Å². The quantitative estimate of drug-likeness (QED) is 0.483. The number of carbonyl (C=O) groups excluding carboxylic acids is 1. The van der Waals surface area contributed by atoms with Gasteiger partial charge in [0.2, 0.25) is 0 Å². The van der Waals surface area contributed by atoms with E-state index in [4.69, 9.17) is 0 Å². The Morgan fingerprint density at radius 1 is 1.00 bits per heavy atom. The van der Waals surface area contributed by atoms with Crippen molar-refractivity contribution in [3.05, 3.63) is 72.9 Å². The second-order valence-electron chi connectivity index (χ2n) is 3.04. The highest BCUT2D eigenvalue weighted by molar-refractivity contribution is 6.12. The molecular formula is C15H18O. The maximum atomic E-state index is 12.0. The van der Waals surface area contributed by atoms with Gasteiger partial charge in [0.25, 0.3) is 0 Å². The summed E-state index contributed by atoms with van der Waals surface area (Å²) in [5, 5.41) is 0. The van der Waals surface area contributed by atoms with Crippen molar-refractivity contribution in [1.82, 2.24) is 0 Å². The number of carbonyl (C=O) groups is 1. The number of allylic oxidation sites excluding steroid dienone is 10. The fourth-order valence-electron chi connectivity index (χ4n) is 1.12. The van der Waals surface area contributed by atoms with Crippen molar-refractivity contribution in [2.45, 2.75) is 13.8 Å². The molecule has 0 rings (SSSR count). The van der Waals surface area contributed by atoms with Crippen molar-refractivity contribution < 1.29 is 4.79 Å². The number of ketones is 1. The smallest absolute Gasteiger partial charge is 0.192 e. The van der Waals surface area contributed by atoms with Crippen molar-refractivity contribution in [3.8, 4) is 0 Å². The van der Waals surface area contributed by atoms with Gasteiger partial charge in [-0.25, -0.2) is 0 Å². The summed E-state index contributed by atoms with van der Waals surface area (Å²) in [7, 11) is 0. The zero-order valence-corrected chi connectivity index (χ0v) is 9.94. The van der Waals surface area contributed by atoms with Crippen LogP contribution in [-0.2, 0) is 4.79 Å². The van der Waals surface area contributed by atoms with E-state index in [9.17, 15) is 4.79 Å². The summed E-state index contributed by atoms with van der Waals surface area (Å²) in [6.07, 6.45) is 13.9. The van der Waals surface area contributed by atoms with Crippen LogP contribution in [0.1, 0.15) is 13.8 Å². The monoisotopic (exact) mass is 214 g/mol. The summed E-state index contributed by atoms with van der Waals surface area (Å²) in [5.74, 6) is -0.0499. The van der Waals surface area contributed by atoms with Gasteiger partial charge in [0.1, 0.15) is 0 Å². The molecule has 1 heteroatoms. The van der Waals surface area contributed by atoms with Crippen LogP contribution in [-0.4, -0.2) is 5.78 Å². The van der Waals surface area contributed by atoms with Gasteiger partial charge in [0, 0.05) is 11.1 Å². The molecule has 0 aliphatic heterocycles. The zero-order valence-electron chi connectivity index (χ0n) is 9.94. The Bertz CT molecular complexity index is 376.